The van der Waals surface area contributed by atoms with Gasteiger partial charge in [0.1, 0.15) is 22.8 Å². The van der Waals surface area contributed by atoms with Crippen LogP contribution in [-0.2, 0) is 20.8 Å². The van der Waals surface area contributed by atoms with E-state index in [9.17, 15) is 44.7 Å². The van der Waals surface area contributed by atoms with Gasteiger partial charge in [-0.3, -0.25) is 24.1 Å². The van der Waals surface area contributed by atoms with E-state index < -0.39 is 69.7 Å². The molecule has 0 radical (unpaired) electrons. The van der Waals surface area contributed by atoms with Crippen molar-refractivity contribution >= 4 is 40.3 Å². The number of phenols is 1. The van der Waals surface area contributed by atoms with E-state index in [0.717, 1.165) is 6.29 Å². The average Bonchev–Trinajstić information content (AvgIpc) is 2.96. The summed E-state index contributed by atoms with van der Waals surface area (Å²) in [7, 11) is 2.90. The second-order valence-electron chi connectivity index (χ2n) is 11.4. The zero-order valence-electron chi connectivity index (χ0n) is 23.1. The van der Waals surface area contributed by atoms with E-state index in [1.54, 1.807) is 36.4 Å². The van der Waals surface area contributed by atoms with Gasteiger partial charge < -0.3 is 31.3 Å². The number of primary amides is 1. The number of phenolic OH excluding ortho intramolecular Hbond substituents is 1. The molecular weight excluding hydrogens is 556 g/mol. The maximum atomic E-state index is 14.1. The molecule has 3 aromatic carbocycles. The highest BCUT2D eigenvalue weighted by Gasteiger charge is 2.67. The topological polar surface area (TPSA) is 199 Å². The van der Waals surface area contributed by atoms with Crippen LogP contribution in [0.1, 0.15) is 21.5 Å². The van der Waals surface area contributed by atoms with Crippen LogP contribution in [0, 0.1) is 11.8 Å². The summed E-state index contributed by atoms with van der Waals surface area (Å²) in [5.41, 5.74) is 2.89. The van der Waals surface area contributed by atoms with Crippen molar-refractivity contribution in [2.75, 3.05) is 14.1 Å². The smallest absolute Gasteiger partial charge is 0.255 e. The lowest BCUT2D eigenvalue weighted by atomic mass is 9.56. The molecule has 6 rings (SSSR count). The molecule has 0 saturated heterocycles. The predicted molar refractivity (Wildman–Crippen MR) is 154 cm³/mol. The minimum atomic E-state index is -2.97. The van der Waals surface area contributed by atoms with Crippen molar-refractivity contribution in [3.63, 3.8) is 0 Å². The van der Waals surface area contributed by atoms with Crippen LogP contribution in [0.4, 0.5) is 0 Å². The first-order valence-electron chi connectivity index (χ1n) is 13.5. The van der Waals surface area contributed by atoms with Crippen LogP contribution in [0.5, 0.6) is 5.75 Å². The Kier molecular flexibility index (Phi) is 6.31. The first kappa shape index (κ1) is 28.3. The van der Waals surface area contributed by atoms with Gasteiger partial charge in [-0.15, -0.1) is 0 Å². The molecule has 3 aliphatic rings. The maximum Gasteiger partial charge on any atom is 0.255 e. The highest BCUT2D eigenvalue weighted by atomic mass is 16.4. The predicted octanol–water partition coefficient (Wildman–Crippen LogP) is 1.57. The van der Waals surface area contributed by atoms with Crippen LogP contribution in [0.3, 0.4) is 0 Å². The fourth-order valence-corrected chi connectivity index (χ4v) is 7.17. The highest BCUT2D eigenvalue weighted by molar-refractivity contribution is 6.24. The van der Waals surface area contributed by atoms with Crippen LogP contribution in [0.25, 0.3) is 27.7 Å². The molecule has 0 unspecified atom stereocenters. The lowest BCUT2D eigenvalue weighted by Crippen LogP contribution is -2.70. The number of rotatable bonds is 4. The molecule has 0 aromatic heterocycles. The third-order valence-corrected chi connectivity index (χ3v) is 9.06. The number of aromatic hydroxyl groups is 1. The minimum Gasteiger partial charge on any atom is -0.508 e. The summed E-state index contributed by atoms with van der Waals surface area (Å²) in [5, 5.41) is 58.4. The number of hydrogen-bond acceptors (Lipinski definition) is 10. The van der Waals surface area contributed by atoms with Gasteiger partial charge in [0, 0.05) is 17.1 Å². The van der Waals surface area contributed by atoms with Crippen LogP contribution >= 0.6 is 0 Å². The van der Waals surface area contributed by atoms with Gasteiger partial charge in [0.2, 0.25) is 5.78 Å². The number of nitrogens with two attached hydrogens (primary N) is 1. The molecule has 5 atom stereocenters. The highest BCUT2D eigenvalue weighted by Crippen LogP contribution is 2.54. The quantitative estimate of drug-likeness (QED) is 0.193. The number of fused-ring (bicyclic) bond motifs is 4. The lowest BCUT2D eigenvalue weighted by Gasteiger charge is -2.52. The first-order chi connectivity index (χ1) is 20.4. The molecule has 1 saturated carbocycles. The number of aliphatic hydroxyl groups excluding tert-OH is 3. The number of aliphatic hydroxyl groups is 4. The van der Waals surface area contributed by atoms with Crippen LogP contribution in [-0.4, -0.2) is 86.0 Å². The Morgan fingerprint density at radius 1 is 1.00 bits per heavy atom. The number of Topliss-reactive ketones (excluding diaryl/α,β-unsaturated/α-hetero) is 2. The van der Waals surface area contributed by atoms with E-state index in [1.165, 1.54) is 25.1 Å². The third-order valence-electron chi connectivity index (χ3n) is 9.06. The van der Waals surface area contributed by atoms with Crippen LogP contribution in [0.2, 0.25) is 0 Å². The van der Waals surface area contributed by atoms with Gasteiger partial charge in [-0.1, -0.05) is 42.5 Å². The summed E-state index contributed by atoms with van der Waals surface area (Å²) in [6.07, 6.45) is -1.06. The molecule has 0 aliphatic heterocycles. The summed E-state index contributed by atoms with van der Waals surface area (Å²) < 4.78 is 0. The standard InChI is InChI=1S/C32H28N2O9/c1-34(2)25-24-26(37)19-11-18-17(16-8-7-13(12-35)14-5-3-4-6-15(14)16)9-10-20(36)21(18)27(38)22(19)29(40)32(24,43)30(41)23(28(25)39)31(33)42/h3-10,12,19,24-26,36-38,41,43H,11H2,1-2H3,(H2,33,42)/t19-,24-,25+,26+,32+/m1/s1. The number of nitrogens with zero attached hydrogens (tertiary/aromatic N) is 1. The number of carbonyl (C=O) groups is 4. The third kappa shape index (κ3) is 3.65. The monoisotopic (exact) mass is 584 g/mol. The maximum absolute atomic E-state index is 14.1. The number of ketones is 2. The van der Waals surface area contributed by atoms with Gasteiger partial charge >= 0.3 is 0 Å². The van der Waals surface area contributed by atoms with Crippen LogP contribution in [0.15, 0.2) is 65.4 Å². The normalized spacial score (nSPS) is 26.8. The van der Waals surface area contributed by atoms with Gasteiger partial charge in [-0.25, -0.2) is 0 Å². The zero-order chi connectivity index (χ0) is 31.1. The fraction of sp³-hybridized carbons (Fsp3) is 0.250. The van der Waals surface area contributed by atoms with Gasteiger partial charge in [0.15, 0.2) is 17.7 Å². The number of amides is 1. The Labute approximate surface area is 244 Å². The molecular formula is C32H28N2O9. The van der Waals surface area contributed by atoms with E-state index in [-0.39, 0.29) is 17.7 Å². The molecule has 3 aromatic rings. The lowest BCUT2D eigenvalue weighted by molar-refractivity contribution is -0.168. The number of aldehydes is 1. The summed E-state index contributed by atoms with van der Waals surface area (Å²) in [6.45, 7) is 0. The summed E-state index contributed by atoms with van der Waals surface area (Å²) in [6, 6.07) is 12.1. The number of benzene rings is 3. The molecule has 3 aliphatic carbocycles. The molecule has 0 heterocycles. The molecule has 1 amide bonds. The van der Waals surface area contributed by atoms with Gasteiger partial charge in [0.25, 0.3) is 5.91 Å². The van der Waals surface area contributed by atoms with E-state index in [0.29, 0.717) is 33.0 Å². The minimum absolute atomic E-state index is 0.107. The van der Waals surface area contributed by atoms with E-state index in [4.69, 9.17) is 5.73 Å². The Bertz CT molecular complexity index is 1860. The Hall–Kier alpha value is -4.84. The molecule has 1 fully saturated rings. The summed E-state index contributed by atoms with van der Waals surface area (Å²) in [4.78, 5) is 52.6. The Balaban J connectivity index is 1.62. The van der Waals surface area contributed by atoms with Crippen molar-refractivity contribution < 1.29 is 44.7 Å². The Morgan fingerprint density at radius 2 is 1.65 bits per heavy atom. The van der Waals surface area contributed by atoms with Gasteiger partial charge in [-0.05, 0) is 54.0 Å². The number of carbonyl (C=O) groups excluding carboxylic acids is 4. The largest absolute Gasteiger partial charge is 0.508 e. The summed E-state index contributed by atoms with van der Waals surface area (Å²) in [5.74, 6) is -8.76. The van der Waals surface area contributed by atoms with Crippen molar-refractivity contribution in [3.05, 3.63) is 82.1 Å². The second kappa shape index (κ2) is 9.60. The average molecular weight is 585 g/mol. The molecule has 0 spiro atoms. The van der Waals surface area contributed by atoms with Crippen molar-refractivity contribution in [2.24, 2.45) is 17.6 Å². The molecule has 7 N–H and O–H groups in total. The molecule has 0 bridgehead atoms. The molecule has 43 heavy (non-hydrogen) atoms. The van der Waals surface area contributed by atoms with Crippen molar-refractivity contribution in [2.45, 2.75) is 24.2 Å². The van der Waals surface area contributed by atoms with Crippen LogP contribution < -0.4 is 5.73 Å². The summed E-state index contributed by atoms with van der Waals surface area (Å²) >= 11 is 0. The molecule has 11 heteroatoms. The second-order valence-corrected chi connectivity index (χ2v) is 11.4. The number of hydrogen-bond donors (Lipinski definition) is 6. The zero-order valence-corrected chi connectivity index (χ0v) is 23.1. The van der Waals surface area contributed by atoms with Crippen molar-refractivity contribution in [1.29, 1.82) is 0 Å². The molecule has 11 nitrogen and oxygen atoms in total. The molecule has 220 valence electrons. The van der Waals surface area contributed by atoms with E-state index in [2.05, 4.69) is 0 Å². The van der Waals surface area contributed by atoms with Crippen molar-refractivity contribution in [3.8, 4) is 16.9 Å². The fourth-order valence-electron chi connectivity index (χ4n) is 7.17. The first-order valence-corrected chi connectivity index (χ1v) is 13.5. The van der Waals surface area contributed by atoms with E-state index in [1.807, 2.05) is 6.07 Å². The van der Waals surface area contributed by atoms with Gasteiger partial charge in [-0.2, -0.15) is 0 Å². The van der Waals surface area contributed by atoms with Gasteiger partial charge in [0.05, 0.1) is 23.6 Å². The SMILES string of the molecule is CN(C)[C@@H]1C(=O)C(C(N)=O)=C(O)[C@@]2(O)C(=O)C3=C(O)c4c(O)ccc(-c5ccc(C=O)c6ccccc56)c4C[C@H]3[C@H](O)[C@@H]12. The van der Waals surface area contributed by atoms with E-state index >= 15 is 0 Å². The Morgan fingerprint density at radius 3 is 2.28 bits per heavy atom. The number of likely N-dealkylation sites (N-methyl/N-ethyl adjacent to an activating group) is 1. The van der Waals surface area contributed by atoms with Crippen molar-refractivity contribution in [1.82, 2.24) is 4.90 Å².